The first kappa shape index (κ1) is 17.4. The van der Waals surface area contributed by atoms with Gasteiger partial charge in [-0.2, -0.15) is 0 Å². The molecule has 134 valence electrons. The lowest BCUT2D eigenvalue weighted by Gasteiger charge is -2.15. The Morgan fingerprint density at radius 1 is 1.44 bits per heavy atom. The third kappa shape index (κ3) is 5.03. The molecule has 1 aliphatic heterocycles. The van der Waals surface area contributed by atoms with Crippen LogP contribution in [-0.2, 0) is 4.79 Å². The quantitative estimate of drug-likeness (QED) is 0.804. The van der Waals surface area contributed by atoms with Crippen LogP contribution in [0.5, 0.6) is 0 Å². The molecule has 2 aromatic heterocycles. The Labute approximate surface area is 147 Å². The summed E-state index contributed by atoms with van der Waals surface area (Å²) in [7, 11) is 0. The zero-order valence-corrected chi connectivity index (χ0v) is 14.7. The summed E-state index contributed by atoms with van der Waals surface area (Å²) in [5.74, 6) is 2.05. The van der Waals surface area contributed by atoms with Gasteiger partial charge in [0.2, 0.25) is 11.8 Å². The SMILES string of the molecule is CC(C)c1cc(NC(=O)CN2CC[C@H](CNc3ccccn3)C2)on1. The van der Waals surface area contributed by atoms with Gasteiger partial charge < -0.3 is 9.84 Å². The fourth-order valence-corrected chi connectivity index (χ4v) is 2.94. The molecule has 1 atom stereocenters. The van der Waals surface area contributed by atoms with Gasteiger partial charge in [-0.15, -0.1) is 0 Å². The molecule has 3 heterocycles. The van der Waals surface area contributed by atoms with E-state index in [4.69, 9.17) is 4.52 Å². The van der Waals surface area contributed by atoms with Gasteiger partial charge in [0.25, 0.3) is 0 Å². The molecule has 3 rings (SSSR count). The van der Waals surface area contributed by atoms with Crippen LogP contribution >= 0.6 is 0 Å². The van der Waals surface area contributed by atoms with E-state index in [9.17, 15) is 4.79 Å². The van der Waals surface area contributed by atoms with Crippen molar-refractivity contribution in [1.29, 1.82) is 0 Å². The molecule has 0 aromatic carbocycles. The number of hydrogen-bond acceptors (Lipinski definition) is 6. The lowest BCUT2D eigenvalue weighted by atomic mass is 10.1. The van der Waals surface area contributed by atoms with Gasteiger partial charge >= 0.3 is 0 Å². The van der Waals surface area contributed by atoms with Crippen LogP contribution in [0.1, 0.15) is 31.9 Å². The van der Waals surface area contributed by atoms with Crippen molar-refractivity contribution in [2.45, 2.75) is 26.2 Å². The van der Waals surface area contributed by atoms with Crippen molar-refractivity contribution in [3.63, 3.8) is 0 Å². The van der Waals surface area contributed by atoms with E-state index in [1.54, 1.807) is 12.3 Å². The first-order valence-electron chi connectivity index (χ1n) is 8.74. The van der Waals surface area contributed by atoms with Crippen LogP contribution in [0.2, 0.25) is 0 Å². The Hall–Kier alpha value is -2.41. The molecule has 0 spiro atoms. The number of rotatable bonds is 7. The zero-order chi connectivity index (χ0) is 17.6. The normalized spacial score (nSPS) is 17.8. The van der Waals surface area contributed by atoms with Gasteiger partial charge in [0.05, 0.1) is 12.2 Å². The van der Waals surface area contributed by atoms with Crippen molar-refractivity contribution in [3.05, 3.63) is 36.2 Å². The summed E-state index contributed by atoms with van der Waals surface area (Å²) in [4.78, 5) is 18.6. The van der Waals surface area contributed by atoms with Gasteiger partial charge in [-0.3, -0.25) is 15.0 Å². The van der Waals surface area contributed by atoms with Crippen LogP contribution in [0.4, 0.5) is 11.7 Å². The second-order valence-electron chi connectivity index (χ2n) is 6.80. The topological polar surface area (TPSA) is 83.3 Å². The molecule has 0 unspecified atom stereocenters. The first-order chi connectivity index (χ1) is 12.1. The molecule has 1 amide bonds. The Balaban J connectivity index is 1.40. The van der Waals surface area contributed by atoms with E-state index in [1.165, 1.54) is 0 Å². The average molecular weight is 343 g/mol. The van der Waals surface area contributed by atoms with Crippen molar-refractivity contribution in [1.82, 2.24) is 15.0 Å². The Morgan fingerprint density at radius 3 is 3.04 bits per heavy atom. The fraction of sp³-hybridized carbons (Fsp3) is 0.500. The summed E-state index contributed by atoms with van der Waals surface area (Å²) in [6.07, 6.45) is 2.86. The number of amides is 1. The number of carbonyl (C=O) groups excluding carboxylic acids is 1. The van der Waals surface area contributed by atoms with E-state index >= 15 is 0 Å². The third-order valence-electron chi connectivity index (χ3n) is 4.36. The lowest BCUT2D eigenvalue weighted by molar-refractivity contribution is -0.117. The molecule has 7 heteroatoms. The highest BCUT2D eigenvalue weighted by atomic mass is 16.5. The van der Waals surface area contributed by atoms with E-state index < -0.39 is 0 Å². The predicted molar refractivity (Wildman–Crippen MR) is 96.5 cm³/mol. The van der Waals surface area contributed by atoms with E-state index in [2.05, 4.69) is 25.7 Å². The maximum Gasteiger partial charge on any atom is 0.240 e. The third-order valence-corrected chi connectivity index (χ3v) is 4.36. The van der Waals surface area contributed by atoms with Gasteiger partial charge in [0.15, 0.2) is 0 Å². The number of hydrogen-bond donors (Lipinski definition) is 2. The highest BCUT2D eigenvalue weighted by molar-refractivity contribution is 5.91. The van der Waals surface area contributed by atoms with Crippen LogP contribution < -0.4 is 10.6 Å². The van der Waals surface area contributed by atoms with Crippen LogP contribution in [-0.4, -0.2) is 47.1 Å². The molecule has 0 aliphatic carbocycles. The van der Waals surface area contributed by atoms with Gasteiger partial charge in [0, 0.05) is 25.4 Å². The van der Waals surface area contributed by atoms with Crippen LogP contribution in [0, 0.1) is 5.92 Å². The van der Waals surface area contributed by atoms with Crippen molar-refractivity contribution in [3.8, 4) is 0 Å². The maximum atomic E-state index is 12.2. The highest BCUT2D eigenvalue weighted by Crippen LogP contribution is 2.19. The second kappa shape index (κ2) is 8.11. The maximum absolute atomic E-state index is 12.2. The number of pyridine rings is 1. The number of nitrogens with zero attached hydrogens (tertiary/aromatic N) is 3. The molecule has 0 saturated carbocycles. The molecule has 0 bridgehead atoms. The summed E-state index contributed by atoms with van der Waals surface area (Å²) < 4.78 is 5.15. The summed E-state index contributed by atoms with van der Waals surface area (Å²) >= 11 is 0. The van der Waals surface area contributed by atoms with Crippen molar-refractivity contribution in [2.24, 2.45) is 5.92 Å². The number of aromatic nitrogens is 2. The molecule has 2 N–H and O–H groups in total. The van der Waals surface area contributed by atoms with Crippen molar-refractivity contribution in [2.75, 3.05) is 36.8 Å². The molecule has 0 radical (unpaired) electrons. The molecule has 1 fully saturated rings. The van der Waals surface area contributed by atoms with Crippen molar-refractivity contribution >= 4 is 17.6 Å². The Bertz CT molecular complexity index is 686. The van der Waals surface area contributed by atoms with Crippen molar-refractivity contribution < 1.29 is 9.32 Å². The van der Waals surface area contributed by atoms with Gasteiger partial charge in [-0.25, -0.2) is 4.98 Å². The molecule has 7 nitrogen and oxygen atoms in total. The Kier molecular flexibility index (Phi) is 5.65. The number of likely N-dealkylation sites (tertiary alicyclic amines) is 1. The number of anilines is 2. The smallest absolute Gasteiger partial charge is 0.240 e. The summed E-state index contributed by atoms with van der Waals surface area (Å²) in [5.41, 5.74) is 0.845. The molecule has 1 aliphatic rings. The minimum Gasteiger partial charge on any atom is -0.370 e. The predicted octanol–water partition coefficient (Wildman–Crippen LogP) is 2.57. The van der Waals surface area contributed by atoms with E-state index in [0.29, 0.717) is 18.3 Å². The minimum atomic E-state index is -0.0650. The van der Waals surface area contributed by atoms with E-state index in [1.807, 2.05) is 32.0 Å². The average Bonchev–Trinajstić information content (AvgIpc) is 3.23. The molecule has 2 aromatic rings. The standard InChI is InChI=1S/C18H25N5O2/c1-13(2)15-9-18(25-22-15)21-17(24)12-23-8-6-14(11-23)10-20-16-5-3-4-7-19-16/h3-5,7,9,13-14H,6,8,10-12H2,1-2H3,(H,19,20)(H,21,24)/t14-/m1/s1. The summed E-state index contributed by atoms with van der Waals surface area (Å²) in [5, 5.41) is 10.1. The largest absolute Gasteiger partial charge is 0.370 e. The van der Waals surface area contributed by atoms with Gasteiger partial charge in [0.1, 0.15) is 5.82 Å². The van der Waals surface area contributed by atoms with Crippen LogP contribution in [0.25, 0.3) is 0 Å². The van der Waals surface area contributed by atoms with E-state index in [0.717, 1.165) is 37.6 Å². The van der Waals surface area contributed by atoms with Crippen LogP contribution in [0.3, 0.4) is 0 Å². The minimum absolute atomic E-state index is 0.0650. The zero-order valence-electron chi connectivity index (χ0n) is 14.7. The summed E-state index contributed by atoms with van der Waals surface area (Å²) in [6, 6.07) is 7.61. The molecule has 25 heavy (non-hydrogen) atoms. The van der Waals surface area contributed by atoms with Crippen LogP contribution in [0.15, 0.2) is 35.0 Å². The van der Waals surface area contributed by atoms with Gasteiger partial charge in [-0.05, 0) is 36.9 Å². The van der Waals surface area contributed by atoms with Gasteiger partial charge in [-0.1, -0.05) is 25.1 Å². The van der Waals surface area contributed by atoms with E-state index in [-0.39, 0.29) is 11.8 Å². The second-order valence-corrected chi connectivity index (χ2v) is 6.80. The summed E-state index contributed by atoms with van der Waals surface area (Å²) in [6.45, 7) is 7.14. The number of carbonyl (C=O) groups is 1. The number of nitrogens with one attached hydrogen (secondary N) is 2. The molecular weight excluding hydrogens is 318 g/mol. The fourth-order valence-electron chi connectivity index (χ4n) is 2.94. The molecular formula is C18H25N5O2. The monoisotopic (exact) mass is 343 g/mol. The molecule has 1 saturated heterocycles. The Morgan fingerprint density at radius 2 is 2.32 bits per heavy atom. The first-order valence-corrected chi connectivity index (χ1v) is 8.74. The lowest BCUT2D eigenvalue weighted by Crippen LogP contribution is -2.32. The highest BCUT2D eigenvalue weighted by Gasteiger charge is 2.24.